The quantitative estimate of drug-likeness (QED) is 0.685. The molecule has 0 atom stereocenters. The number of aryl methyl sites for hydroxylation is 1. The van der Waals surface area contributed by atoms with Crippen LogP contribution < -0.4 is 4.83 Å². The Morgan fingerprint density at radius 3 is 2.67 bits per heavy atom. The topological polar surface area (TPSA) is 71.4 Å². The van der Waals surface area contributed by atoms with Crippen molar-refractivity contribution >= 4 is 27.6 Å². The number of hydrogen-bond acceptors (Lipinski definition) is 5. The highest BCUT2D eigenvalue weighted by Crippen LogP contribution is 2.09. The standard InChI is InChI=1S/C11H11N3O2S2/c1-9-2-4-10(5-3-9)18(15,16)14-13-8-11-12-6-7-17-11/h2-8,14H,1H3/b13-8+. The van der Waals surface area contributed by atoms with E-state index in [2.05, 4.69) is 14.9 Å². The number of thiazole rings is 1. The van der Waals surface area contributed by atoms with Gasteiger partial charge in [-0.05, 0) is 19.1 Å². The summed E-state index contributed by atoms with van der Waals surface area (Å²) in [6, 6.07) is 6.55. The minimum atomic E-state index is -3.60. The summed E-state index contributed by atoms with van der Waals surface area (Å²) in [6.45, 7) is 1.89. The van der Waals surface area contributed by atoms with Crippen LogP contribution in [-0.4, -0.2) is 19.6 Å². The van der Waals surface area contributed by atoms with E-state index in [0.29, 0.717) is 5.01 Å². The normalized spacial score (nSPS) is 11.8. The number of rotatable bonds is 4. The third kappa shape index (κ3) is 3.14. The molecule has 1 aromatic heterocycles. The minimum absolute atomic E-state index is 0.185. The van der Waals surface area contributed by atoms with Crippen molar-refractivity contribution in [3.05, 3.63) is 46.4 Å². The van der Waals surface area contributed by atoms with E-state index in [-0.39, 0.29) is 4.90 Å². The van der Waals surface area contributed by atoms with Crippen LogP contribution in [0.4, 0.5) is 0 Å². The van der Waals surface area contributed by atoms with Crippen LogP contribution in [0.1, 0.15) is 10.6 Å². The van der Waals surface area contributed by atoms with E-state index in [1.165, 1.54) is 29.7 Å². The molecule has 0 aliphatic heterocycles. The van der Waals surface area contributed by atoms with E-state index < -0.39 is 10.0 Å². The van der Waals surface area contributed by atoms with Crippen LogP contribution in [0.3, 0.4) is 0 Å². The van der Waals surface area contributed by atoms with E-state index in [1.807, 2.05) is 6.92 Å². The van der Waals surface area contributed by atoms with Gasteiger partial charge in [-0.1, -0.05) is 17.7 Å². The summed E-state index contributed by atoms with van der Waals surface area (Å²) in [5.74, 6) is 0. The average molecular weight is 281 g/mol. The van der Waals surface area contributed by atoms with Crippen LogP contribution in [0, 0.1) is 6.92 Å². The van der Waals surface area contributed by atoms with Crippen molar-refractivity contribution in [2.45, 2.75) is 11.8 Å². The van der Waals surface area contributed by atoms with Gasteiger partial charge in [0.1, 0.15) is 5.01 Å². The second-order valence-corrected chi connectivity index (χ2v) is 6.12. The van der Waals surface area contributed by atoms with Crippen molar-refractivity contribution in [2.24, 2.45) is 5.10 Å². The van der Waals surface area contributed by atoms with Crippen molar-refractivity contribution in [3.8, 4) is 0 Å². The molecule has 0 unspecified atom stereocenters. The molecule has 1 N–H and O–H groups in total. The first-order chi connectivity index (χ1) is 8.58. The average Bonchev–Trinajstić information content (AvgIpc) is 2.82. The lowest BCUT2D eigenvalue weighted by Crippen LogP contribution is -2.18. The molecule has 0 fully saturated rings. The van der Waals surface area contributed by atoms with Gasteiger partial charge in [-0.25, -0.2) is 4.98 Å². The van der Waals surface area contributed by atoms with Crippen LogP contribution in [0.15, 0.2) is 45.8 Å². The van der Waals surface area contributed by atoms with Crippen molar-refractivity contribution < 1.29 is 8.42 Å². The summed E-state index contributed by atoms with van der Waals surface area (Å²) in [5, 5.41) is 6.10. The predicted octanol–water partition coefficient (Wildman–Crippen LogP) is 1.76. The largest absolute Gasteiger partial charge is 0.276 e. The maximum absolute atomic E-state index is 11.8. The Morgan fingerprint density at radius 2 is 2.06 bits per heavy atom. The zero-order valence-electron chi connectivity index (χ0n) is 9.57. The molecule has 0 bridgehead atoms. The molecule has 0 radical (unpaired) electrons. The second-order valence-electron chi connectivity index (χ2n) is 3.54. The fourth-order valence-corrected chi connectivity index (χ4v) is 2.51. The highest BCUT2D eigenvalue weighted by Gasteiger charge is 2.11. The second kappa shape index (κ2) is 5.28. The Hall–Kier alpha value is -1.73. The monoisotopic (exact) mass is 281 g/mol. The molecular weight excluding hydrogens is 270 g/mol. The molecule has 0 spiro atoms. The molecule has 1 heterocycles. The van der Waals surface area contributed by atoms with Crippen molar-refractivity contribution in [2.75, 3.05) is 0 Å². The third-order valence-corrected chi connectivity index (χ3v) is 4.08. The lowest BCUT2D eigenvalue weighted by atomic mass is 10.2. The summed E-state index contributed by atoms with van der Waals surface area (Å²) in [7, 11) is -3.60. The van der Waals surface area contributed by atoms with Gasteiger partial charge in [-0.15, -0.1) is 11.3 Å². The molecule has 0 saturated heterocycles. The third-order valence-electron chi connectivity index (χ3n) is 2.13. The van der Waals surface area contributed by atoms with E-state index in [0.717, 1.165) is 5.56 Å². The lowest BCUT2D eigenvalue weighted by molar-refractivity contribution is 0.584. The Kier molecular flexibility index (Phi) is 3.73. The first-order valence-electron chi connectivity index (χ1n) is 5.09. The molecule has 0 aliphatic rings. The van der Waals surface area contributed by atoms with Gasteiger partial charge in [-0.2, -0.15) is 18.4 Å². The van der Waals surface area contributed by atoms with Gasteiger partial charge in [0.15, 0.2) is 0 Å². The zero-order chi connectivity index (χ0) is 13.0. The first-order valence-corrected chi connectivity index (χ1v) is 7.45. The minimum Gasteiger partial charge on any atom is -0.243 e. The molecule has 18 heavy (non-hydrogen) atoms. The summed E-state index contributed by atoms with van der Waals surface area (Å²) in [5.41, 5.74) is 1.00. The van der Waals surface area contributed by atoms with E-state index >= 15 is 0 Å². The van der Waals surface area contributed by atoms with Crippen LogP contribution in [0.25, 0.3) is 0 Å². The van der Waals surface area contributed by atoms with Gasteiger partial charge < -0.3 is 0 Å². The van der Waals surface area contributed by atoms with E-state index in [4.69, 9.17) is 0 Å². The number of hydrogen-bond donors (Lipinski definition) is 1. The number of hydrazone groups is 1. The number of nitrogens with one attached hydrogen (secondary N) is 1. The summed E-state index contributed by atoms with van der Waals surface area (Å²) >= 11 is 1.38. The molecule has 1 aromatic carbocycles. The van der Waals surface area contributed by atoms with Crippen molar-refractivity contribution in [1.82, 2.24) is 9.82 Å². The number of aromatic nitrogens is 1. The van der Waals surface area contributed by atoms with E-state index in [9.17, 15) is 8.42 Å². The first kappa shape index (κ1) is 12.7. The van der Waals surface area contributed by atoms with Gasteiger partial charge >= 0.3 is 0 Å². The maximum atomic E-state index is 11.8. The molecule has 0 aliphatic carbocycles. The molecule has 0 saturated carbocycles. The molecule has 0 amide bonds. The van der Waals surface area contributed by atoms with Gasteiger partial charge in [0.05, 0.1) is 11.1 Å². The Balaban J connectivity index is 2.10. The smallest absolute Gasteiger partial charge is 0.243 e. The predicted molar refractivity (Wildman–Crippen MR) is 71.2 cm³/mol. The Morgan fingerprint density at radius 1 is 1.33 bits per heavy atom. The molecular formula is C11H11N3O2S2. The fourth-order valence-electron chi connectivity index (χ4n) is 1.22. The van der Waals surface area contributed by atoms with Gasteiger partial charge in [0, 0.05) is 11.6 Å². The highest BCUT2D eigenvalue weighted by atomic mass is 32.2. The molecule has 5 nitrogen and oxygen atoms in total. The number of benzene rings is 1. The molecule has 2 rings (SSSR count). The zero-order valence-corrected chi connectivity index (χ0v) is 11.2. The van der Waals surface area contributed by atoms with Gasteiger partial charge in [0.25, 0.3) is 10.0 Å². The van der Waals surface area contributed by atoms with Crippen molar-refractivity contribution in [3.63, 3.8) is 0 Å². The molecule has 2 aromatic rings. The SMILES string of the molecule is Cc1ccc(S(=O)(=O)N/N=C/c2nccs2)cc1. The van der Waals surface area contributed by atoms with Crippen LogP contribution >= 0.6 is 11.3 Å². The lowest BCUT2D eigenvalue weighted by Gasteiger charge is -2.02. The molecule has 7 heteroatoms. The van der Waals surface area contributed by atoms with E-state index in [1.54, 1.807) is 23.7 Å². The van der Waals surface area contributed by atoms with Gasteiger partial charge in [-0.3, -0.25) is 0 Å². The maximum Gasteiger partial charge on any atom is 0.276 e. The van der Waals surface area contributed by atoms with Crippen molar-refractivity contribution in [1.29, 1.82) is 0 Å². The Bertz CT molecular complexity index is 631. The van der Waals surface area contributed by atoms with Crippen LogP contribution in [-0.2, 0) is 10.0 Å². The number of nitrogens with zero attached hydrogens (tertiary/aromatic N) is 2. The number of sulfonamides is 1. The van der Waals surface area contributed by atoms with Crippen LogP contribution in [0.2, 0.25) is 0 Å². The van der Waals surface area contributed by atoms with Gasteiger partial charge in [0.2, 0.25) is 0 Å². The fraction of sp³-hybridized carbons (Fsp3) is 0.0909. The van der Waals surface area contributed by atoms with Crippen LogP contribution in [0.5, 0.6) is 0 Å². The summed E-state index contributed by atoms with van der Waals surface area (Å²) in [4.78, 5) is 6.28. The highest BCUT2D eigenvalue weighted by molar-refractivity contribution is 7.89. The summed E-state index contributed by atoms with van der Waals surface area (Å²) < 4.78 is 23.7. The summed E-state index contributed by atoms with van der Waals surface area (Å²) in [6.07, 6.45) is 3.00. The molecule has 94 valence electrons. The Labute approximate surface area is 109 Å².